The maximum absolute atomic E-state index is 10.8. The van der Waals surface area contributed by atoms with Gasteiger partial charge in [-0.25, -0.2) is 4.98 Å². The van der Waals surface area contributed by atoms with E-state index in [1.165, 1.54) is 6.07 Å². The van der Waals surface area contributed by atoms with Crippen LogP contribution in [0.1, 0.15) is 19.8 Å². The van der Waals surface area contributed by atoms with Gasteiger partial charge >= 0.3 is 0 Å². The number of hydrogen-bond acceptors (Lipinski definition) is 5. The van der Waals surface area contributed by atoms with E-state index in [1.54, 1.807) is 12.1 Å². The predicted octanol–water partition coefficient (Wildman–Crippen LogP) is 2.30. The van der Waals surface area contributed by atoms with Gasteiger partial charge in [-0.1, -0.05) is 6.92 Å². The topological polar surface area (TPSA) is 87.1 Å². The van der Waals surface area contributed by atoms with Crippen molar-refractivity contribution < 1.29 is 4.92 Å². The highest BCUT2D eigenvalue weighted by Gasteiger charge is 2.21. The largest absolute Gasteiger partial charge is 0.342 e. The second-order valence-corrected chi connectivity index (χ2v) is 5.76. The molecule has 1 fully saturated rings. The lowest BCUT2D eigenvalue weighted by atomic mass is 9.97. The first-order valence-corrected chi connectivity index (χ1v) is 7.77. The zero-order chi connectivity index (χ0) is 15.5. The van der Waals surface area contributed by atoms with E-state index in [-0.39, 0.29) is 10.6 Å². The summed E-state index contributed by atoms with van der Waals surface area (Å²) in [6.45, 7) is 6.16. The number of nitrogens with one attached hydrogen (secondary N) is 2. The molecule has 2 heterocycles. The van der Waals surface area contributed by atoms with Crippen LogP contribution in [0.5, 0.6) is 0 Å². The summed E-state index contributed by atoms with van der Waals surface area (Å²) in [7, 11) is 0. The van der Waals surface area contributed by atoms with Crippen molar-refractivity contribution in [3.8, 4) is 0 Å². The van der Waals surface area contributed by atoms with Crippen LogP contribution in [0, 0.1) is 16.0 Å². The van der Waals surface area contributed by atoms with Crippen molar-refractivity contribution in [1.82, 2.24) is 15.3 Å². The average molecular weight is 303 g/mol. The van der Waals surface area contributed by atoms with E-state index >= 15 is 0 Å². The maximum Gasteiger partial charge on any atom is 0.271 e. The monoisotopic (exact) mass is 303 g/mol. The molecule has 0 radical (unpaired) electrons. The van der Waals surface area contributed by atoms with Crippen LogP contribution in [0.3, 0.4) is 0 Å². The number of rotatable bonds is 5. The minimum absolute atomic E-state index is 0.0899. The number of benzene rings is 1. The van der Waals surface area contributed by atoms with E-state index in [4.69, 9.17) is 0 Å². The Morgan fingerprint density at radius 1 is 1.45 bits per heavy atom. The molecule has 1 aliphatic heterocycles. The Bertz CT molecular complexity index is 661. The molecule has 1 aromatic heterocycles. The second-order valence-electron chi connectivity index (χ2n) is 5.76. The molecule has 0 saturated carbocycles. The molecular formula is C15H21N5O2. The predicted molar refractivity (Wildman–Crippen MR) is 86.2 cm³/mol. The number of nitrogens with zero attached hydrogens (tertiary/aromatic N) is 3. The Hall–Kier alpha value is -2.15. The van der Waals surface area contributed by atoms with Gasteiger partial charge in [-0.2, -0.15) is 0 Å². The van der Waals surface area contributed by atoms with Gasteiger partial charge < -0.3 is 15.2 Å². The molecule has 118 valence electrons. The van der Waals surface area contributed by atoms with Crippen LogP contribution in [-0.2, 0) is 0 Å². The van der Waals surface area contributed by atoms with Gasteiger partial charge in [-0.15, -0.1) is 0 Å². The van der Waals surface area contributed by atoms with Gasteiger partial charge in [-0.3, -0.25) is 10.1 Å². The Morgan fingerprint density at radius 2 is 2.23 bits per heavy atom. The summed E-state index contributed by atoms with van der Waals surface area (Å²) >= 11 is 0. The van der Waals surface area contributed by atoms with E-state index in [1.807, 2.05) is 0 Å². The molecule has 0 unspecified atom stereocenters. The lowest BCUT2D eigenvalue weighted by Crippen LogP contribution is -2.37. The second kappa shape index (κ2) is 6.31. The lowest BCUT2D eigenvalue weighted by Gasteiger charge is -2.31. The van der Waals surface area contributed by atoms with E-state index in [0.29, 0.717) is 0 Å². The molecule has 22 heavy (non-hydrogen) atoms. The van der Waals surface area contributed by atoms with Crippen LogP contribution in [0.25, 0.3) is 11.0 Å². The molecule has 1 aromatic carbocycles. The summed E-state index contributed by atoms with van der Waals surface area (Å²) < 4.78 is 0. The van der Waals surface area contributed by atoms with Crippen molar-refractivity contribution in [3.05, 3.63) is 28.3 Å². The number of aromatic amines is 1. The van der Waals surface area contributed by atoms with Crippen molar-refractivity contribution in [2.24, 2.45) is 5.92 Å². The third-order valence-corrected chi connectivity index (χ3v) is 4.26. The zero-order valence-corrected chi connectivity index (χ0v) is 12.7. The van der Waals surface area contributed by atoms with Crippen LogP contribution in [0.4, 0.5) is 11.6 Å². The quantitative estimate of drug-likeness (QED) is 0.653. The van der Waals surface area contributed by atoms with Gasteiger partial charge in [0.15, 0.2) is 0 Å². The number of hydrogen-bond donors (Lipinski definition) is 2. The summed E-state index contributed by atoms with van der Waals surface area (Å²) in [5.74, 6) is 1.54. The number of H-pyrrole nitrogens is 1. The van der Waals surface area contributed by atoms with Crippen LogP contribution < -0.4 is 10.2 Å². The van der Waals surface area contributed by atoms with Crippen molar-refractivity contribution >= 4 is 22.7 Å². The number of nitro groups is 1. The average Bonchev–Trinajstić information content (AvgIpc) is 2.96. The van der Waals surface area contributed by atoms with Crippen molar-refractivity contribution in [2.75, 3.05) is 31.1 Å². The van der Waals surface area contributed by atoms with Crippen LogP contribution in [0.2, 0.25) is 0 Å². The highest BCUT2D eigenvalue weighted by molar-refractivity contribution is 5.80. The van der Waals surface area contributed by atoms with Crippen LogP contribution in [-0.4, -0.2) is 41.1 Å². The number of piperidine rings is 1. The Kier molecular flexibility index (Phi) is 4.24. The first kappa shape index (κ1) is 14.8. The van der Waals surface area contributed by atoms with Crippen molar-refractivity contribution in [2.45, 2.75) is 19.8 Å². The van der Waals surface area contributed by atoms with Crippen molar-refractivity contribution in [3.63, 3.8) is 0 Å². The lowest BCUT2D eigenvalue weighted by molar-refractivity contribution is -0.384. The molecule has 0 aliphatic carbocycles. The summed E-state index contributed by atoms with van der Waals surface area (Å²) in [6.07, 6.45) is 2.29. The number of anilines is 1. The molecule has 2 N–H and O–H groups in total. The zero-order valence-electron chi connectivity index (χ0n) is 12.7. The van der Waals surface area contributed by atoms with E-state index in [0.717, 1.165) is 61.9 Å². The Balaban J connectivity index is 1.70. The molecule has 1 aliphatic rings. The van der Waals surface area contributed by atoms with Crippen LogP contribution in [0.15, 0.2) is 18.2 Å². The first-order valence-electron chi connectivity index (χ1n) is 7.77. The van der Waals surface area contributed by atoms with Gasteiger partial charge in [-0.05, 0) is 37.9 Å². The molecule has 2 aromatic rings. The number of fused-ring (bicyclic) bond motifs is 1. The summed E-state index contributed by atoms with van der Waals surface area (Å²) in [5, 5.41) is 14.2. The van der Waals surface area contributed by atoms with Crippen LogP contribution >= 0.6 is 0 Å². The molecule has 7 nitrogen and oxygen atoms in total. The fourth-order valence-electron chi connectivity index (χ4n) is 2.94. The minimum atomic E-state index is -0.383. The third-order valence-electron chi connectivity index (χ3n) is 4.26. The molecule has 3 rings (SSSR count). The molecular weight excluding hydrogens is 282 g/mol. The maximum atomic E-state index is 10.8. The van der Waals surface area contributed by atoms with E-state index in [2.05, 4.69) is 27.1 Å². The summed E-state index contributed by atoms with van der Waals surface area (Å²) in [4.78, 5) is 20.4. The van der Waals surface area contributed by atoms with Gasteiger partial charge in [0.25, 0.3) is 5.69 Å². The third kappa shape index (κ3) is 3.04. The fraction of sp³-hybridized carbons (Fsp3) is 0.533. The summed E-state index contributed by atoms with van der Waals surface area (Å²) in [5.41, 5.74) is 1.58. The highest BCUT2D eigenvalue weighted by Crippen LogP contribution is 2.25. The molecule has 0 spiro atoms. The number of non-ortho nitro benzene ring substituents is 1. The SMILES string of the molecule is CCNCC1CCN(c2nc3ccc([N+](=O)[O-])cc3[nH]2)CC1. The normalized spacial score (nSPS) is 16.3. The number of nitro benzene ring substituents is 1. The highest BCUT2D eigenvalue weighted by atomic mass is 16.6. The molecule has 0 amide bonds. The molecule has 7 heteroatoms. The summed E-state index contributed by atoms with van der Waals surface area (Å²) in [6, 6.07) is 4.74. The molecule has 0 bridgehead atoms. The van der Waals surface area contributed by atoms with Gasteiger partial charge in [0.05, 0.1) is 16.0 Å². The first-order chi connectivity index (χ1) is 10.7. The van der Waals surface area contributed by atoms with Crippen molar-refractivity contribution in [1.29, 1.82) is 0 Å². The van der Waals surface area contributed by atoms with E-state index < -0.39 is 0 Å². The fourth-order valence-corrected chi connectivity index (χ4v) is 2.94. The van der Waals surface area contributed by atoms with E-state index in [9.17, 15) is 10.1 Å². The number of aromatic nitrogens is 2. The minimum Gasteiger partial charge on any atom is -0.342 e. The Labute approximate surface area is 128 Å². The standard InChI is InChI=1S/C15H21N5O2/c1-2-16-10-11-5-7-19(8-6-11)15-17-13-4-3-12(20(21)22)9-14(13)18-15/h3-4,9,11,16H,2,5-8,10H2,1H3,(H,17,18). The molecule has 0 atom stereocenters. The Morgan fingerprint density at radius 3 is 2.91 bits per heavy atom. The molecule has 1 saturated heterocycles. The number of imidazole rings is 1. The van der Waals surface area contributed by atoms with Gasteiger partial charge in [0.1, 0.15) is 0 Å². The van der Waals surface area contributed by atoms with Gasteiger partial charge in [0.2, 0.25) is 5.95 Å². The van der Waals surface area contributed by atoms with Gasteiger partial charge in [0, 0.05) is 25.2 Å². The smallest absolute Gasteiger partial charge is 0.271 e.